The van der Waals surface area contributed by atoms with E-state index in [4.69, 9.17) is 14.2 Å². The van der Waals surface area contributed by atoms with Gasteiger partial charge in [0.05, 0.1) is 0 Å². The maximum Gasteiger partial charge on any atom is 0.306 e. The summed E-state index contributed by atoms with van der Waals surface area (Å²) in [5.74, 6) is -1.00. The van der Waals surface area contributed by atoms with E-state index in [1.54, 1.807) is 0 Å². The van der Waals surface area contributed by atoms with Crippen LogP contribution in [-0.2, 0) is 28.6 Å². The maximum absolute atomic E-state index is 12.8. The van der Waals surface area contributed by atoms with E-state index in [0.29, 0.717) is 19.3 Å². The molecule has 0 aromatic heterocycles. The fourth-order valence-corrected chi connectivity index (χ4v) is 7.26. The zero-order chi connectivity index (χ0) is 52.9. The zero-order valence-corrected chi connectivity index (χ0v) is 46.6. The Labute approximate surface area is 448 Å². The molecule has 0 amide bonds. The van der Waals surface area contributed by atoms with Gasteiger partial charge in [-0.05, 0) is 122 Å². The molecule has 0 aromatic carbocycles. The first kappa shape index (κ1) is 68.0. The Morgan fingerprint density at radius 1 is 0.288 bits per heavy atom. The van der Waals surface area contributed by atoms with E-state index in [2.05, 4.69) is 179 Å². The molecule has 0 aliphatic heterocycles. The van der Waals surface area contributed by atoms with Gasteiger partial charge >= 0.3 is 17.9 Å². The quantitative estimate of drug-likeness (QED) is 0.0261. The topological polar surface area (TPSA) is 78.9 Å². The van der Waals surface area contributed by atoms with Crippen molar-refractivity contribution in [3.05, 3.63) is 158 Å². The molecular formula is C67H104O6. The molecular weight excluding hydrogens is 901 g/mol. The van der Waals surface area contributed by atoms with Crippen LogP contribution < -0.4 is 0 Å². The third-order valence-corrected chi connectivity index (χ3v) is 11.5. The van der Waals surface area contributed by atoms with Crippen LogP contribution in [0, 0.1) is 0 Å². The van der Waals surface area contributed by atoms with E-state index >= 15 is 0 Å². The number of hydrogen-bond acceptors (Lipinski definition) is 6. The lowest BCUT2D eigenvalue weighted by Crippen LogP contribution is -2.30. The van der Waals surface area contributed by atoms with Crippen molar-refractivity contribution in [3.63, 3.8) is 0 Å². The minimum Gasteiger partial charge on any atom is -0.462 e. The smallest absolute Gasteiger partial charge is 0.306 e. The minimum atomic E-state index is -0.816. The van der Waals surface area contributed by atoms with E-state index in [1.165, 1.54) is 32.1 Å². The van der Waals surface area contributed by atoms with Gasteiger partial charge in [0.1, 0.15) is 13.2 Å². The van der Waals surface area contributed by atoms with Crippen molar-refractivity contribution in [2.75, 3.05) is 13.2 Å². The number of ether oxygens (including phenoxy) is 3. The molecule has 0 saturated heterocycles. The fourth-order valence-electron chi connectivity index (χ4n) is 7.26. The number of esters is 3. The Balaban J connectivity index is 4.25. The third-order valence-electron chi connectivity index (χ3n) is 11.5. The van der Waals surface area contributed by atoms with Gasteiger partial charge in [0.25, 0.3) is 0 Å². The monoisotopic (exact) mass is 1000 g/mol. The second kappa shape index (κ2) is 59.6. The van der Waals surface area contributed by atoms with Crippen molar-refractivity contribution in [2.24, 2.45) is 0 Å². The average molecular weight is 1010 g/mol. The summed E-state index contributed by atoms with van der Waals surface area (Å²) in [6, 6.07) is 0. The Morgan fingerprint density at radius 3 is 0.877 bits per heavy atom. The van der Waals surface area contributed by atoms with E-state index < -0.39 is 6.10 Å². The summed E-state index contributed by atoms with van der Waals surface area (Å²) < 4.78 is 16.7. The van der Waals surface area contributed by atoms with Crippen molar-refractivity contribution in [2.45, 2.75) is 232 Å². The van der Waals surface area contributed by atoms with Gasteiger partial charge in [-0.1, -0.05) is 243 Å². The summed E-state index contributed by atoms with van der Waals surface area (Å²) in [7, 11) is 0. The van der Waals surface area contributed by atoms with Crippen LogP contribution in [0.5, 0.6) is 0 Å². The lowest BCUT2D eigenvalue weighted by molar-refractivity contribution is -0.167. The van der Waals surface area contributed by atoms with Gasteiger partial charge in [0.2, 0.25) is 0 Å². The first-order valence-electron chi connectivity index (χ1n) is 29.0. The molecule has 0 radical (unpaired) electrons. The Bertz CT molecular complexity index is 1670. The second-order valence-corrected chi connectivity index (χ2v) is 18.4. The minimum absolute atomic E-state index is 0.111. The summed E-state index contributed by atoms with van der Waals surface area (Å²) in [5.41, 5.74) is 0. The SMILES string of the molecule is CC/C=C\C/C=C\C/C=C\C/C=C\C/C=C\C/C=C\C/C=C\CCCC(=O)OC(COC(=O)CCCCCCC)COC(=O)CCCCCCCCCC/C=C\C/C=C\C/C=C\C/C=C\C/C=C\C/C=C\CC. The lowest BCUT2D eigenvalue weighted by atomic mass is 10.1. The van der Waals surface area contributed by atoms with Crippen LogP contribution in [0.15, 0.2) is 158 Å². The first-order valence-corrected chi connectivity index (χ1v) is 29.0. The van der Waals surface area contributed by atoms with Crippen LogP contribution in [0.1, 0.15) is 226 Å². The van der Waals surface area contributed by atoms with Gasteiger partial charge in [-0.3, -0.25) is 14.4 Å². The molecule has 0 fully saturated rings. The van der Waals surface area contributed by atoms with Crippen molar-refractivity contribution in [3.8, 4) is 0 Å². The summed E-state index contributed by atoms with van der Waals surface area (Å²) in [5, 5.41) is 0. The van der Waals surface area contributed by atoms with E-state index in [0.717, 1.165) is 148 Å². The standard InChI is InChI=1S/C67H104O6/c1-4-7-10-13-15-17-19-21-23-25-27-29-31-32-33-34-36-37-39-41-43-45-47-49-51-54-57-60-66(69)72-63-64(62-71-65(68)59-56-53-12-9-6-3)73-67(70)61-58-55-52-50-48-46-44-42-40-38-35-30-28-26-24-22-20-18-16-14-11-8-5-2/h7-8,10-11,15-18,21-24,27-30,32-33,36-38,40,44,46,50,52,64H,4-6,9,12-14,19-20,25-26,31,34-35,39,41-43,45,47-49,51,53-63H2,1-3H3/b10-7-,11-8-,17-15-,18-16-,23-21-,24-22-,29-27-,30-28-,33-32-,37-36-,40-38-,46-44-,52-50-. The van der Waals surface area contributed by atoms with Crippen LogP contribution in [0.25, 0.3) is 0 Å². The number of carbonyl (C=O) groups excluding carboxylic acids is 3. The Morgan fingerprint density at radius 2 is 0.548 bits per heavy atom. The molecule has 0 bridgehead atoms. The molecule has 0 spiro atoms. The number of unbranched alkanes of at least 4 members (excludes halogenated alkanes) is 13. The normalized spacial score (nSPS) is 13.3. The average Bonchev–Trinajstić information content (AvgIpc) is 3.39. The fraction of sp³-hybridized carbons (Fsp3) is 0.567. The number of allylic oxidation sites excluding steroid dienone is 26. The molecule has 1 atom stereocenters. The molecule has 0 aliphatic carbocycles. The third kappa shape index (κ3) is 57.8. The van der Waals surface area contributed by atoms with Crippen LogP contribution in [0.3, 0.4) is 0 Å². The second-order valence-electron chi connectivity index (χ2n) is 18.4. The summed E-state index contributed by atoms with van der Waals surface area (Å²) >= 11 is 0. The predicted molar refractivity (Wildman–Crippen MR) is 315 cm³/mol. The molecule has 0 heterocycles. The van der Waals surface area contributed by atoms with E-state index in [1.807, 2.05) is 0 Å². The largest absolute Gasteiger partial charge is 0.462 e. The molecule has 1 unspecified atom stereocenters. The first-order chi connectivity index (χ1) is 36.0. The highest BCUT2D eigenvalue weighted by Gasteiger charge is 2.19. The number of rotatable bonds is 50. The summed E-state index contributed by atoms with van der Waals surface area (Å²) in [4.78, 5) is 37.8. The highest BCUT2D eigenvalue weighted by atomic mass is 16.6. The number of carbonyl (C=O) groups is 3. The van der Waals surface area contributed by atoms with Crippen molar-refractivity contribution in [1.29, 1.82) is 0 Å². The predicted octanol–water partition coefficient (Wildman–Crippen LogP) is 19.8. The van der Waals surface area contributed by atoms with Gasteiger partial charge < -0.3 is 14.2 Å². The van der Waals surface area contributed by atoms with Gasteiger partial charge in [-0.2, -0.15) is 0 Å². The highest BCUT2D eigenvalue weighted by molar-refractivity contribution is 5.71. The van der Waals surface area contributed by atoms with E-state index in [-0.39, 0.29) is 37.5 Å². The molecule has 73 heavy (non-hydrogen) atoms. The van der Waals surface area contributed by atoms with Crippen molar-refractivity contribution < 1.29 is 28.6 Å². The molecule has 408 valence electrons. The molecule has 0 aliphatic rings. The molecule has 0 rings (SSSR count). The Kier molecular flexibility index (Phi) is 55.5. The van der Waals surface area contributed by atoms with Crippen LogP contribution in [-0.4, -0.2) is 37.2 Å². The molecule has 6 nitrogen and oxygen atoms in total. The molecule has 0 saturated carbocycles. The number of hydrogen-bond donors (Lipinski definition) is 0. The van der Waals surface area contributed by atoms with Crippen molar-refractivity contribution >= 4 is 17.9 Å². The summed E-state index contributed by atoms with van der Waals surface area (Å²) in [6.45, 7) is 6.25. The maximum atomic E-state index is 12.8. The summed E-state index contributed by atoms with van der Waals surface area (Å²) in [6.07, 6.45) is 87.1. The van der Waals surface area contributed by atoms with E-state index in [9.17, 15) is 14.4 Å². The van der Waals surface area contributed by atoms with Gasteiger partial charge in [0, 0.05) is 19.3 Å². The van der Waals surface area contributed by atoms with Gasteiger partial charge in [0.15, 0.2) is 6.10 Å². The zero-order valence-electron chi connectivity index (χ0n) is 46.6. The van der Waals surface area contributed by atoms with Crippen molar-refractivity contribution in [1.82, 2.24) is 0 Å². The van der Waals surface area contributed by atoms with Gasteiger partial charge in [-0.25, -0.2) is 0 Å². The van der Waals surface area contributed by atoms with Gasteiger partial charge in [-0.15, -0.1) is 0 Å². The van der Waals surface area contributed by atoms with Crippen LogP contribution >= 0.6 is 0 Å². The van der Waals surface area contributed by atoms with Crippen LogP contribution in [0.4, 0.5) is 0 Å². The van der Waals surface area contributed by atoms with Crippen LogP contribution in [0.2, 0.25) is 0 Å². The molecule has 0 N–H and O–H groups in total. The Hall–Kier alpha value is -4.97. The lowest BCUT2D eigenvalue weighted by Gasteiger charge is -2.18. The molecule has 6 heteroatoms. The molecule has 0 aromatic rings. The highest BCUT2D eigenvalue weighted by Crippen LogP contribution is 2.13.